The van der Waals surface area contributed by atoms with Gasteiger partial charge in [-0.25, -0.2) is 8.78 Å². The first-order valence-electron chi connectivity index (χ1n) is 8.71. The lowest BCUT2D eigenvalue weighted by Gasteiger charge is -2.24. The predicted molar refractivity (Wildman–Crippen MR) is 97.3 cm³/mol. The highest BCUT2D eigenvalue weighted by molar-refractivity contribution is 5.95. The molecule has 1 amide bonds. The predicted octanol–water partition coefficient (Wildman–Crippen LogP) is 4.07. The van der Waals surface area contributed by atoms with Crippen molar-refractivity contribution >= 4 is 22.8 Å². The Morgan fingerprint density at radius 3 is 2.86 bits per heavy atom. The Labute approximate surface area is 157 Å². The maximum Gasteiger partial charge on any atom is 0.325 e. The van der Waals surface area contributed by atoms with E-state index in [1.54, 1.807) is 19.1 Å². The van der Waals surface area contributed by atoms with Crippen molar-refractivity contribution in [1.82, 2.24) is 14.8 Å². The van der Waals surface area contributed by atoms with Crippen molar-refractivity contribution in [2.24, 2.45) is 0 Å². The molecule has 8 heteroatoms. The number of carbonyl (C=O) groups excluding carboxylic acids is 1. The minimum Gasteiger partial charge on any atom is -0.422 e. The fraction of sp³-hybridized carbons (Fsp3) is 0.150. The fourth-order valence-corrected chi connectivity index (χ4v) is 3.68. The molecule has 4 aromatic rings. The van der Waals surface area contributed by atoms with Gasteiger partial charge in [0.1, 0.15) is 23.0 Å². The molecular weight excluding hydrogens is 366 g/mol. The van der Waals surface area contributed by atoms with Crippen LogP contribution in [0.15, 0.2) is 46.9 Å². The maximum absolute atomic E-state index is 14.4. The van der Waals surface area contributed by atoms with E-state index in [1.165, 1.54) is 4.68 Å². The third-order valence-corrected chi connectivity index (χ3v) is 4.90. The lowest BCUT2D eigenvalue weighted by Crippen LogP contribution is -2.25. The summed E-state index contributed by atoms with van der Waals surface area (Å²) in [6, 6.07) is 10.7. The van der Waals surface area contributed by atoms with E-state index in [-0.39, 0.29) is 23.9 Å². The lowest BCUT2D eigenvalue weighted by atomic mass is 9.85. The zero-order chi connectivity index (χ0) is 19.4. The highest BCUT2D eigenvalue weighted by atomic mass is 19.1. The molecule has 5 rings (SSSR count). The van der Waals surface area contributed by atoms with E-state index in [1.807, 2.05) is 12.1 Å². The van der Waals surface area contributed by atoms with Gasteiger partial charge in [0.25, 0.3) is 0 Å². The van der Waals surface area contributed by atoms with Crippen molar-refractivity contribution < 1.29 is 18.0 Å². The van der Waals surface area contributed by atoms with Crippen LogP contribution in [0, 0.1) is 18.6 Å². The van der Waals surface area contributed by atoms with Gasteiger partial charge < -0.3 is 9.73 Å². The van der Waals surface area contributed by atoms with Crippen LogP contribution in [0.25, 0.3) is 17.1 Å². The molecule has 1 aliphatic heterocycles. The van der Waals surface area contributed by atoms with E-state index < -0.39 is 17.6 Å². The zero-order valence-corrected chi connectivity index (χ0v) is 14.7. The molecular formula is C20H14F2N4O2. The molecule has 0 saturated carbocycles. The molecule has 6 nitrogen and oxygen atoms in total. The number of benzene rings is 2. The summed E-state index contributed by atoms with van der Waals surface area (Å²) in [5, 5.41) is 7.22. The van der Waals surface area contributed by atoms with Crippen LogP contribution in [0.1, 0.15) is 29.2 Å². The van der Waals surface area contributed by atoms with Gasteiger partial charge in [0.2, 0.25) is 5.91 Å². The minimum atomic E-state index is -0.655. The number of halogens is 2. The molecule has 0 aliphatic carbocycles. The molecule has 1 aliphatic rings. The minimum absolute atomic E-state index is 0.00648. The molecule has 0 saturated heterocycles. The third-order valence-electron chi connectivity index (χ3n) is 4.90. The number of nitrogens with one attached hydrogen (secondary N) is 1. The van der Waals surface area contributed by atoms with Crippen molar-refractivity contribution in [1.29, 1.82) is 0 Å². The molecule has 2 aromatic carbocycles. The summed E-state index contributed by atoms with van der Waals surface area (Å²) in [7, 11) is 0. The van der Waals surface area contributed by atoms with Gasteiger partial charge in [-0.1, -0.05) is 12.1 Å². The van der Waals surface area contributed by atoms with E-state index in [9.17, 15) is 13.6 Å². The summed E-state index contributed by atoms with van der Waals surface area (Å²) < 4.78 is 35.3. The van der Waals surface area contributed by atoms with E-state index in [0.29, 0.717) is 28.2 Å². The Hall–Kier alpha value is -3.55. The van der Waals surface area contributed by atoms with Crippen LogP contribution < -0.4 is 5.32 Å². The van der Waals surface area contributed by atoms with Crippen molar-refractivity contribution in [3.63, 3.8) is 0 Å². The lowest BCUT2D eigenvalue weighted by molar-refractivity contribution is -0.116. The van der Waals surface area contributed by atoms with Crippen molar-refractivity contribution in [3.05, 3.63) is 70.9 Å². The third kappa shape index (κ3) is 2.49. The Morgan fingerprint density at radius 1 is 1.21 bits per heavy atom. The number of nitrogens with zero attached hydrogens (tertiary/aromatic N) is 3. The molecule has 28 heavy (non-hydrogen) atoms. The molecule has 0 bridgehead atoms. The number of para-hydroxylation sites is 2. The van der Waals surface area contributed by atoms with Gasteiger partial charge in [-0.2, -0.15) is 14.8 Å². The molecule has 3 heterocycles. The Morgan fingerprint density at radius 2 is 2.04 bits per heavy atom. The van der Waals surface area contributed by atoms with E-state index in [4.69, 9.17) is 4.42 Å². The number of aryl methyl sites for hydroxylation is 1. The number of carbonyl (C=O) groups is 1. The van der Waals surface area contributed by atoms with Crippen LogP contribution in [0.3, 0.4) is 0 Å². The SMILES string of the molecule is Cc1nn(-c2nc3ccccc3o2)c2c1[C@H](c1cc(F)ccc1F)CC(=O)N2. The van der Waals surface area contributed by atoms with Crippen molar-refractivity contribution in [3.8, 4) is 6.01 Å². The second-order valence-electron chi connectivity index (χ2n) is 6.69. The molecule has 0 unspecified atom stereocenters. The van der Waals surface area contributed by atoms with Crippen molar-refractivity contribution in [2.45, 2.75) is 19.3 Å². The number of fused-ring (bicyclic) bond motifs is 2. The summed E-state index contributed by atoms with van der Waals surface area (Å²) in [5.41, 5.74) is 2.54. The van der Waals surface area contributed by atoms with Crippen LogP contribution in [0.2, 0.25) is 0 Å². The number of amides is 1. The maximum atomic E-state index is 14.4. The van der Waals surface area contributed by atoms with Crippen LogP contribution in [-0.2, 0) is 4.79 Å². The van der Waals surface area contributed by atoms with Gasteiger partial charge in [0, 0.05) is 17.9 Å². The van der Waals surface area contributed by atoms with Crippen LogP contribution in [0.5, 0.6) is 0 Å². The Kier molecular flexibility index (Phi) is 3.55. The molecule has 0 fully saturated rings. The van der Waals surface area contributed by atoms with Gasteiger partial charge in [-0.15, -0.1) is 0 Å². The molecule has 2 aromatic heterocycles. The largest absolute Gasteiger partial charge is 0.422 e. The molecule has 1 N–H and O–H groups in total. The first kappa shape index (κ1) is 16.6. The van der Waals surface area contributed by atoms with Gasteiger partial charge >= 0.3 is 6.01 Å². The number of rotatable bonds is 2. The summed E-state index contributed by atoms with van der Waals surface area (Å²) in [6.45, 7) is 1.75. The number of aromatic nitrogens is 3. The Bertz CT molecular complexity index is 1210. The normalized spacial score (nSPS) is 16.2. The Balaban J connectivity index is 1.70. The average molecular weight is 380 g/mol. The van der Waals surface area contributed by atoms with Gasteiger partial charge in [0.05, 0.1) is 5.69 Å². The second-order valence-corrected chi connectivity index (χ2v) is 6.69. The quantitative estimate of drug-likeness (QED) is 0.569. The summed E-state index contributed by atoms with van der Waals surface area (Å²) in [4.78, 5) is 16.8. The standard InChI is InChI=1S/C20H14F2N4O2/c1-10-18-13(12-8-11(21)6-7-14(12)22)9-17(27)24-19(18)26(25-10)20-23-15-4-2-3-5-16(15)28-20/h2-8,13H,9H2,1H3,(H,24,27)/t13-/m0/s1. The summed E-state index contributed by atoms with van der Waals surface area (Å²) in [6.07, 6.45) is -0.00648. The van der Waals surface area contributed by atoms with Gasteiger partial charge in [-0.3, -0.25) is 4.79 Å². The first-order chi connectivity index (χ1) is 13.5. The monoisotopic (exact) mass is 380 g/mol. The number of oxazole rings is 1. The fourth-order valence-electron chi connectivity index (χ4n) is 3.68. The molecule has 1 atom stereocenters. The van der Waals surface area contributed by atoms with Gasteiger partial charge in [-0.05, 0) is 42.8 Å². The number of hydrogen-bond donors (Lipinski definition) is 1. The molecule has 0 radical (unpaired) electrons. The highest BCUT2D eigenvalue weighted by Gasteiger charge is 2.35. The summed E-state index contributed by atoms with van der Waals surface area (Å²) in [5.74, 6) is -1.75. The van der Waals surface area contributed by atoms with Crippen LogP contribution in [0.4, 0.5) is 14.6 Å². The average Bonchev–Trinajstić information content (AvgIpc) is 3.24. The van der Waals surface area contributed by atoms with Crippen LogP contribution >= 0.6 is 0 Å². The van der Waals surface area contributed by atoms with Crippen LogP contribution in [-0.4, -0.2) is 20.7 Å². The van der Waals surface area contributed by atoms with Gasteiger partial charge in [0.15, 0.2) is 5.58 Å². The first-order valence-corrected chi connectivity index (χ1v) is 8.71. The molecule has 140 valence electrons. The smallest absolute Gasteiger partial charge is 0.325 e. The topological polar surface area (TPSA) is 73.0 Å². The summed E-state index contributed by atoms with van der Waals surface area (Å²) >= 11 is 0. The van der Waals surface area contributed by atoms with E-state index in [0.717, 1.165) is 18.2 Å². The highest BCUT2D eigenvalue weighted by Crippen LogP contribution is 2.41. The van der Waals surface area contributed by atoms with E-state index in [2.05, 4.69) is 15.4 Å². The second kappa shape index (κ2) is 5.98. The number of hydrogen-bond acceptors (Lipinski definition) is 4. The zero-order valence-electron chi connectivity index (χ0n) is 14.7. The van der Waals surface area contributed by atoms with E-state index >= 15 is 0 Å². The number of anilines is 1. The van der Waals surface area contributed by atoms with Crippen molar-refractivity contribution in [2.75, 3.05) is 5.32 Å². The molecule has 0 spiro atoms.